The van der Waals surface area contributed by atoms with Crippen LogP contribution >= 0.6 is 0 Å². The monoisotopic (exact) mass is 190 g/mol. The lowest BCUT2D eigenvalue weighted by Gasteiger charge is -2.14. The Balaban J connectivity index is 2.70. The molecule has 1 unspecified atom stereocenters. The first-order chi connectivity index (χ1) is 6.63. The molecule has 0 fully saturated rings. The largest absolute Gasteiger partial charge is 0.546 e. The van der Waals surface area contributed by atoms with Gasteiger partial charge in [-0.1, -0.05) is 0 Å². The maximum Gasteiger partial charge on any atom is 0.135 e. The van der Waals surface area contributed by atoms with Crippen LogP contribution in [0.3, 0.4) is 0 Å². The van der Waals surface area contributed by atoms with Gasteiger partial charge in [0.15, 0.2) is 0 Å². The molecule has 0 bridgehead atoms. The van der Waals surface area contributed by atoms with E-state index in [2.05, 4.69) is 0 Å². The molecule has 0 aromatic heterocycles. The molecule has 0 heterocycles. The van der Waals surface area contributed by atoms with E-state index in [1.165, 1.54) is 19.1 Å². The zero-order chi connectivity index (χ0) is 10.6. The highest BCUT2D eigenvalue weighted by atomic mass is 16.5. The molecular weight excluding hydrogens is 182 g/mol. The fourth-order valence-electron chi connectivity index (χ4n) is 0.860. The number of carbonyl (C=O) groups excluding carboxylic acids is 1. The molecule has 0 saturated carbocycles. The predicted molar refractivity (Wildman–Crippen MR) is 46.3 cm³/mol. The van der Waals surface area contributed by atoms with E-state index in [0.717, 1.165) is 0 Å². The van der Waals surface area contributed by atoms with Gasteiger partial charge in [0.1, 0.15) is 11.9 Å². The molecule has 1 rings (SSSR count). The minimum Gasteiger partial charge on any atom is -0.546 e. The Morgan fingerprint density at radius 2 is 2.07 bits per heavy atom. The molecule has 1 aromatic carbocycles. The average molecular weight is 190 g/mol. The Hall–Kier alpha value is -2.02. The molecule has 0 aliphatic rings. The molecule has 1 atom stereocenters. The van der Waals surface area contributed by atoms with E-state index in [4.69, 9.17) is 10.00 Å². The van der Waals surface area contributed by atoms with Gasteiger partial charge in [-0.05, 0) is 31.2 Å². The van der Waals surface area contributed by atoms with Crippen molar-refractivity contribution in [3.05, 3.63) is 29.8 Å². The zero-order valence-corrected chi connectivity index (χ0v) is 7.56. The number of carboxylic acids is 1. The van der Waals surface area contributed by atoms with Crippen LogP contribution in [0.2, 0.25) is 0 Å². The highest BCUT2D eigenvalue weighted by molar-refractivity contribution is 5.69. The molecule has 0 spiro atoms. The molecule has 0 saturated heterocycles. The summed E-state index contributed by atoms with van der Waals surface area (Å²) in [7, 11) is 0. The van der Waals surface area contributed by atoms with E-state index in [1.54, 1.807) is 12.1 Å². The van der Waals surface area contributed by atoms with Gasteiger partial charge in [-0.3, -0.25) is 0 Å². The third kappa shape index (κ3) is 2.49. The number of aliphatic carboxylic acids is 1. The SMILES string of the molecule is CC(Oc1ccc(C#N)cc1)C(=O)[O-]. The van der Waals surface area contributed by atoms with Crippen molar-refractivity contribution >= 4 is 5.97 Å². The van der Waals surface area contributed by atoms with Crippen molar-refractivity contribution in [1.82, 2.24) is 0 Å². The minimum absolute atomic E-state index is 0.403. The molecule has 0 N–H and O–H groups in total. The van der Waals surface area contributed by atoms with E-state index in [9.17, 15) is 9.90 Å². The van der Waals surface area contributed by atoms with Crippen molar-refractivity contribution in [2.45, 2.75) is 13.0 Å². The van der Waals surface area contributed by atoms with E-state index >= 15 is 0 Å². The number of hydrogen-bond acceptors (Lipinski definition) is 4. The summed E-state index contributed by atoms with van der Waals surface area (Å²) < 4.78 is 5.00. The van der Waals surface area contributed by atoms with Gasteiger partial charge in [0.2, 0.25) is 0 Å². The van der Waals surface area contributed by atoms with Crippen LogP contribution < -0.4 is 9.84 Å². The first-order valence-corrected chi connectivity index (χ1v) is 4.01. The smallest absolute Gasteiger partial charge is 0.135 e. The third-order valence-corrected chi connectivity index (χ3v) is 1.63. The number of benzene rings is 1. The van der Waals surface area contributed by atoms with Gasteiger partial charge in [-0.25, -0.2) is 0 Å². The summed E-state index contributed by atoms with van der Waals surface area (Å²) in [4.78, 5) is 10.3. The number of ether oxygens (including phenoxy) is 1. The van der Waals surface area contributed by atoms with Crippen molar-refractivity contribution < 1.29 is 14.6 Å². The lowest BCUT2D eigenvalue weighted by Crippen LogP contribution is -2.37. The Labute approximate surface area is 81.4 Å². The molecule has 1 aromatic rings. The van der Waals surface area contributed by atoms with Crippen molar-refractivity contribution in [3.8, 4) is 11.8 Å². The molecule has 0 aliphatic heterocycles. The van der Waals surface area contributed by atoms with Crippen LogP contribution in [-0.4, -0.2) is 12.1 Å². The van der Waals surface area contributed by atoms with E-state index < -0.39 is 12.1 Å². The molecule has 4 heteroatoms. The van der Waals surface area contributed by atoms with Gasteiger partial charge in [0.25, 0.3) is 0 Å². The van der Waals surface area contributed by atoms with Gasteiger partial charge < -0.3 is 14.6 Å². The van der Waals surface area contributed by atoms with E-state index in [1.807, 2.05) is 6.07 Å². The van der Waals surface area contributed by atoms with Gasteiger partial charge in [0.05, 0.1) is 17.6 Å². The second-order valence-electron chi connectivity index (χ2n) is 2.72. The Morgan fingerprint density at radius 3 is 2.50 bits per heavy atom. The van der Waals surface area contributed by atoms with Crippen LogP contribution in [0, 0.1) is 11.3 Å². The first kappa shape index (κ1) is 10.1. The predicted octanol–water partition coefficient (Wildman–Crippen LogP) is 0.0755. The van der Waals surface area contributed by atoms with Crippen LogP contribution in [0.1, 0.15) is 12.5 Å². The minimum atomic E-state index is -1.27. The normalized spacial score (nSPS) is 11.4. The van der Waals surface area contributed by atoms with Crippen LogP contribution in [0.25, 0.3) is 0 Å². The summed E-state index contributed by atoms with van der Waals surface area (Å²) in [5, 5.41) is 18.8. The van der Waals surface area contributed by atoms with Crippen LogP contribution in [0.15, 0.2) is 24.3 Å². The molecule has 72 valence electrons. The molecular formula is C10H8NO3-. The highest BCUT2D eigenvalue weighted by Crippen LogP contribution is 2.12. The van der Waals surface area contributed by atoms with Crippen molar-refractivity contribution in [3.63, 3.8) is 0 Å². The van der Waals surface area contributed by atoms with E-state index in [-0.39, 0.29) is 0 Å². The summed E-state index contributed by atoms with van der Waals surface area (Å²) >= 11 is 0. The van der Waals surface area contributed by atoms with Crippen LogP contribution in [-0.2, 0) is 4.79 Å². The Morgan fingerprint density at radius 1 is 1.50 bits per heavy atom. The standard InChI is InChI=1S/C10H9NO3/c1-7(10(12)13)14-9-4-2-8(6-11)3-5-9/h2-5,7H,1H3,(H,12,13)/p-1. The fourth-order valence-corrected chi connectivity index (χ4v) is 0.860. The van der Waals surface area contributed by atoms with Crippen molar-refractivity contribution in [2.75, 3.05) is 0 Å². The second-order valence-corrected chi connectivity index (χ2v) is 2.72. The maximum atomic E-state index is 10.3. The van der Waals surface area contributed by atoms with Gasteiger partial charge >= 0.3 is 0 Å². The summed E-state index contributed by atoms with van der Waals surface area (Å²) in [5.74, 6) is -0.866. The number of hydrogen-bond donors (Lipinski definition) is 0. The van der Waals surface area contributed by atoms with Gasteiger partial charge in [-0.15, -0.1) is 0 Å². The average Bonchev–Trinajstić information content (AvgIpc) is 2.19. The summed E-state index contributed by atoms with van der Waals surface area (Å²) in [6, 6.07) is 8.13. The number of carbonyl (C=O) groups is 1. The van der Waals surface area contributed by atoms with Crippen LogP contribution in [0.5, 0.6) is 5.75 Å². The fraction of sp³-hybridized carbons (Fsp3) is 0.200. The Bertz CT molecular complexity index is 364. The lowest BCUT2D eigenvalue weighted by molar-refractivity contribution is -0.312. The molecule has 0 radical (unpaired) electrons. The first-order valence-electron chi connectivity index (χ1n) is 4.01. The maximum absolute atomic E-state index is 10.3. The molecule has 0 aliphatic carbocycles. The summed E-state index contributed by atoms with van der Waals surface area (Å²) in [6.07, 6.45) is -0.997. The van der Waals surface area contributed by atoms with Gasteiger partial charge in [0, 0.05) is 0 Å². The highest BCUT2D eigenvalue weighted by Gasteiger charge is 2.03. The quantitative estimate of drug-likeness (QED) is 0.676. The number of rotatable bonds is 3. The van der Waals surface area contributed by atoms with Crippen molar-refractivity contribution in [1.29, 1.82) is 5.26 Å². The number of carboxylic acid groups (broad SMARTS) is 1. The number of nitriles is 1. The van der Waals surface area contributed by atoms with Gasteiger partial charge in [-0.2, -0.15) is 5.26 Å². The number of nitrogens with zero attached hydrogens (tertiary/aromatic N) is 1. The third-order valence-electron chi connectivity index (χ3n) is 1.63. The van der Waals surface area contributed by atoms with Crippen molar-refractivity contribution in [2.24, 2.45) is 0 Å². The lowest BCUT2D eigenvalue weighted by atomic mass is 10.2. The summed E-state index contributed by atoms with van der Waals surface area (Å²) in [5.41, 5.74) is 0.499. The van der Waals surface area contributed by atoms with E-state index in [0.29, 0.717) is 11.3 Å². The second kappa shape index (κ2) is 4.28. The molecule has 14 heavy (non-hydrogen) atoms. The Kier molecular flexibility index (Phi) is 3.08. The summed E-state index contributed by atoms with van der Waals surface area (Å²) in [6.45, 7) is 1.38. The molecule has 4 nitrogen and oxygen atoms in total. The zero-order valence-electron chi connectivity index (χ0n) is 7.56. The molecule has 0 amide bonds. The topological polar surface area (TPSA) is 73.1 Å². The van der Waals surface area contributed by atoms with Crippen LogP contribution in [0.4, 0.5) is 0 Å².